The highest BCUT2D eigenvalue weighted by Gasteiger charge is 2.06. The van der Waals surface area contributed by atoms with E-state index in [4.69, 9.17) is 9.52 Å². The summed E-state index contributed by atoms with van der Waals surface area (Å²) in [5.41, 5.74) is 1.29. The van der Waals surface area contributed by atoms with Gasteiger partial charge in [-0.2, -0.15) is 0 Å². The molecule has 0 spiro atoms. The molecule has 114 valence electrons. The molecule has 1 N–H and O–H groups in total. The first-order valence-corrected chi connectivity index (χ1v) is 7.93. The maximum Gasteiger partial charge on any atom is 0.303 e. The van der Waals surface area contributed by atoms with E-state index < -0.39 is 5.97 Å². The van der Waals surface area contributed by atoms with Crippen LogP contribution < -0.4 is 0 Å². The van der Waals surface area contributed by atoms with Gasteiger partial charge in [-0.3, -0.25) is 4.79 Å². The largest absolute Gasteiger partial charge is 0.481 e. The van der Waals surface area contributed by atoms with Crippen molar-refractivity contribution in [2.75, 3.05) is 0 Å². The predicted octanol–water partition coefficient (Wildman–Crippen LogP) is 4.90. The third-order valence-corrected chi connectivity index (χ3v) is 3.61. The molecule has 1 aromatic rings. The number of aliphatic carboxylic acids is 1. The Morgan fingerprint density at radius 3 is 2.40 bits per heavy atom. The van der Waals surface area contributed by atoms with Crippen molar-refractivity contribution >= 4 is 5.97 Å². The maximum absolute atomic E-state index is 10.4. The molecule has 0 aliphatic carbocycles. The summed E-state index contributed by atoms with van der Waals surface area (Å²) >= 11 is 0. The lowest BCUT2D eigenvalue weighted by Crippen LogP contribution is -1.93. The van der Waals surface area contributed by atoms with Crippen LogP contribution in [0.5, 0.6) is 0 Å². The molecule has 3 heteroatoms. The molecule has 0 fully saturated rings. The number of carboxylic acids is 1. The highest BCUT2D eigenvalue weighted by Crippen LogP contribution is 2.19. The maximum atomic E-state index is 10.4. The molecular weight excluding hydrogens is 252 g/mol. The molecule has 0 aromatic carbocycles. The lowest BCUT2D eigenvalue weighted by molar-refractivity contribution is -0.137. The van der Waals surface area contributed by atoms with Crippen LogP contribution in [0, 0.1) is 6.92 Å². The summed E-state index contributed by atoms with van der Waals surface area (Å²) in [7, 11) is 0. The van der Waals surface area contributed by atoms with Crippen molar-refractivity contribution in [2.24, 2.45) is 0 Å². The second-order valence-corrected chi connectivity index (χ2v) is 5.58. The van der Waals surface area contributed by atoms with E-state index in [-0.39, 0.29) is 0 Å². The van der Waals surface area contributed by atoms with Crippen molar-refractivity contribution in [1.82, 2.24) is 0 Å². The van der Waals surface area contributed by atoms with E-state index in [1.807, 2.05) is 0 Å². The highest BCUT2D eigenvalue weighted by atomic mass is 16.4. The summed E-state index contributed by atoms with van der Waals surface area (Å²) in [6.07, 6.45) is 10.1. The fraction of sp³-hybridized carbons (Fsp3) is 0.706. The normalized spacial score (nSPS) is 10.9. The van der Waals surface area contributed by atoms with Gasteiger partial charge in [0.05, 0.1) is 0 Å². The standard InChI is InChI=1S/C17H28O3/c1-3-10-15-13-14(2)16(20-15)11-8-6-4-5-7-9-12-17(18)19/h13H,3-12H2,1-2H3,(H,18,19). The van der Waals surface area contributed by atoms with E-state index in [1.165, 1.54) is 24.8 Å². The molecule has 0 unspecified atom stereocenters. The van der Waals surface area contributed by atoms with E-state index >= 15 is 0 Å². The molecular formula is C17H28O3. The zero-order chi connectivity index (χ0) is 14.8. The molecule has 1 rings (SSSR count). The fourth-order valence-corrected chi connectivity index (χ4v) is 2.48. The average molecular weight is 280 g/mol. The third kappa shape index (κ3) is 6.78. The third-order valence-electron chi connectivity index (χ3n) is 3.61. The topological polar surface area (TPSA) is 50.4 Å². The smallest absolute Gasteiger partial charge is 0.303 e. The number of hydrogen-bond donors (Lipinski definition) is 1. The van der Waals surface area contributed by atoms with Crippen molar-refractivity contribution in [3.63, 3.8) is 0 Å². The minimum Gasteiger partial charge on any atom is -0.481 e. The van der Waals surface area contributed by atoms with Crippen molar-refractivity contribution < 1.29 is 14.3 Å². The highest BCUT2D eigenvalue weighted by molar-refractivity contribution is 5.66. The van der Waals surface area contributed by atoms with Gasteiger partial charge in [-0.25, -0.2) is 0 Å². The molecule has 1 heterocycles. The number of furan rings is 1. The second-order valence-electron chi connectivity index (χ2n) is 5.58. The van der Waals surface area contributed by atoms with E-state index in [2.05, 4.69) is 19.9 Å². The molecule has 0 aliphatic rings. The van der Waals surface area contributed by atoms with Crippen LogP contribution in [0.15, 0.2) is 10.5 Å². The van der Waals surface area contributed by atoms with Crippen LogP contribution in [-0.2, 0) is 17.6 Å². The predicted molar refractivity (Wildman–Crippen MR) is 81.1 cm³/mol. The zero-order valence-electron chi connectivity index (χ0n) is 12.9. The summed E-state index contributed by atoms with van der Waals surface area (Å²) in [4.78, 5) is 10.4. The van der Waals surface area contributed by atoms with Crippen molar-refractivity contribution in [3.8, 4) is 0 Å². The molecule has 20 heavy (non-hydrogen) atoms. The van der Waals surface area contributed by atoms with Gasteiger partial charge in [0, 0.05) is 19.3 Å². The quantitative estimate of drug-likeness (QED) is 0.587. The van der Waals surface area contributed by atoms with Gasteiger partial charge in [-0.05, 0) is 37.8 Å². The SMILES string of the molecule is CCCc1cc(C)c(CCCCCCCCC(=O)O)o1. The van der Waals surface area contributed by atoms with Gasteiger partial charge in [0.2, 0.25) is 0 Å². The lowest BCUT2D eigenvalue weighted by Gasteiger charge is -2.01. The van der Waals surface area contributed by atoms with E-state index in [0.29, 0.717) is 6.42 Å². The molecule has 0 amide bonds. The van der Waals surface area contributed by atoms with Gasteiger partial charge in [-0.1, -0.05) is 32.6 Å². The average Bonchev–Trinajstić information content (AvgIpc) is 2.73. The van der Waals surface area contributed by atoms with Gasteiger partial charge >= 0.3 is 5.97 Å². The Balaban J connectivity index is 2.07. The van der Waals surface area contributed by atoms with Crippen LogP contribution in [0.3, 0.4) is 0 Å². The van der Waals surface area contributed by atoms with Crippen LogP contribution in [0.4, 0.5) is 0 Å². The minimum atomic E-state index is -0.679. The van der Waals surface area contributed by atoms with E-state index in [1.54, 1.807) is 0 Å². The van der Waals surface area contributed by atoms with Crippen LogP contribution in [0.25, 0.3) is 0 Å². The van der Waals surface area contributed by atoms with Crippen LogP contribution in [0.2, 0.25) is 0 Å². The second kappa shape index (κ2) is 9.62. The fourth-order valence-electron chi connectivity index (χ4n) is 2.48. The zero-order valence-corrected chi connectivity index (χ0v) is 12.9. The van der Waals surface area contributed by atoms with Gasteiger partial charge in [0.1, 0.15) is 11.5 Å². The first-order valence-electron chi connectivity index (χ1n) is 7.93. The molecule has 1 aromatic heterocycles. The molecule has 0 saturated heterocycles. The van der Waals surface area contributed by atoms with E-state index in [0.717, 1.165) is 50.0 Å². The van der Waals surface area contributed by atoms with Crippen molar-refractivity contribution in [3.05, 3.63) is 23.2 Å². The summed E-state index contributed by atoms with van der Waals surface area (Å²) in [5, 5.41) is 8.54. The summed E-state index contributed by atoms with van der Waals surface area (Å²) in [6, 6.07) is 2.17. The summed E-state index contributed by atoms with van der Waals surface area (Å²) in [6.45, 7) is 4.30. The monoisotopic (exact) mass is 280 g/mol. The Bertz CT molecular complexity index is 393. The first-order chi connectivity index (χ1) is 9.63. The van der Waals surface area contributed by atoms with Gasteiger partial charge in [-0.15, -0.1) is 0 Å². The van der Waals surface area contributed by atoms with Crippen LogP contribution >= 0.6 is 0 Å². The van der Waals surface area contributed by atoms with Gasteiger partial charge in [0.25, 0.3) is 0 Å². The van der Waals surface area contributed by atoms with Crippen LogP contribution in [-0.4, -0.2) is 11.1 Å². The Morgan fingerprint density at radius 1 is 1.10 bits per heavy atom. The van der Waals surface area contributed by atoms with Gasteiger partial charge in [0.15, 0.2) is 0 Å². The molecule has 0 bridgehead atoms. The first kappa shape index (κ1) is 16.8. The Morgan fingerprint density at radius 2 is 1.75 bits per heavy atom. The molecule has 0 saturated carbocycles. The summed E-state index contributed by atoms with van der Waals surface area (Å²) < 4.78 is 5.86. The number of aryl methyl sites for hydroxylation is 3. The molecule has 0 atom stereocenters. The number of rotatable bonds is 11. The minimum absolute atomic E-state index is 0.311. The molecule has 0 aliphatic heterocycles. The number of carbonyl (C=O) groups is 1. The summed E-state index contributed by atoms with van der Waals surface area (Å²) in [5.74, 6) is 1.59. The Labute approximate surface area is 122 Å². The van der Waals surface area contributed by atoms with Crippen LogP contribution in [0.1, 0.15) is 75.4 Å². The number of hydrogen-bond acceptors (Lipinski definition) is 2. The lowest BCUT2D eigenvalue weighted by atomic mass is 10.1. The Hall–Kier alpha value is -1.25. The Kier molecular flexibility index (Phi) is 8.08. The van der Waals surface area contributed by atoms with Crippen molar-refractivity contribution in [1.29, 1.82) is 0 Å². The molecule has 3 nitrogen and oxygen atoms in total. The van der Waals surface area contributed by atoms with Crippen molar-refractivity contribution in [2.45, 2.75) is 78.1 Å². The number of unbranched alkanes of at least 4 members (excludes halogenated alkanes) is 5. The molecule has 0 radical (unpaired) electrons. The van der Waals surface area contributed by atoms with Gasteiger partial charge < -0.3 is 9.52 Å². The van der Waals surface area contributed by atoms with E-state index in [9.17, 15) is 4.79 Å². The number of carboxylic acid groups (broad SMARTS) is 1.